The Kier molecular flexibility index (Phi) is 4.12. The van der Waals surface area contributed by atoms with Gasteiger partial charge in [0.15, 0.2) is 0 Å². The van der Waals surface area contributed by atoms with Gasteiger partial charge in [0.25, 0.3) is 5.91 Å². The highest BCUT2D eigenvalue weighted by molar-refractivity contribution is 7.13. The standard InChI is InChI=1S/C16H15N3OS/c20-16(12-5-2-1-3-6-12)17-9-8-15-18-11-13(19-15)14-7-4-10-21-14/h1-7,10-11H,8-9H2,(H,17,20)(H,18,19). The molecule has 0 fully saturated rings. The molecule has 0 aliphatic carbocycles. The summed E-state index contributed by atoms with van der Waals surface area (Å²) >= 11 is 1.67. The minimum Gasteiger partial charge on any atom is -0.352 e. The van der Waals surface area contributed by atoms with E-state index in [4.69, 9.17) is 0 Å². The highest BCUT2D eigenvalue weighted by atomic mass is 32.1. The molecule has 0 aliphatic rings. The van der Waals surface area contributed by atoms with Gasteiger partial charge in [0, 0.05) is 18.5 Å². The number of nitrogens with zero attached hydrogens (tertiary/aromatic N) is 1. The number of hydrogen-bond acceptors (Lipinski definition) is 3. The van der Waals surface area contributed by atoms with Gasteiger partial charge in [-0.2, -0.15) is 0 Å². The third-order valence-electron chi connectivity index (χ3n) is 3.10. The van der Waals surface area contributed by atoms with E-state index in [0.717, 1.165) is 11.5 Å². The van der Waals surface area contributed by atoms with Crippen molar-refractivity contribution in [1.29, 1.82) is 0 Å². The van der Waals surface area contributed by atoms with E-state index in [2.05, 4.69) is 21.4 Å². The highest BCUT2D eigenvalue weighted by Crippen LogP contribution is 2.22. The van der Waals surface area contributed by atoms with E-state index in [1.807, 2.05) is 35.8 Å². The summed E-state index contributed by atoms with van der Waals surface area (Å²) in [5.74, 6) is 0.826. The largest absolute Gasteiger partial charge is 0.352 e. The summed E-state index contributed by atoms with van der Waals surface area (Å²) < 4.78 is 0. The summed E-state index contributed by atoms with van der Waals surface area (Å²) in [7, 11) is 0. The molecular formula is C16H15N3OS. The van der Waals surface area contributed by atoms with Gasteiger partial charge in [0.1, 0.15) is 5.82 Å². The van der Waals surface area contributed by atoms with Crippen LogP contribution in [0.2, 0.25) is 0 Å². The number of thiophene rings is 1. The van der Waals surface area contributed by atoms with Crippen LogP contribution in [0, 0.1) is 0 Å². The van der Waals surface area contributed by atoms with E-state index in [-0.39, 0.29) is 5.91 Å². The quantitative estimate of drug-likeness (QED) is 0.760. The van der Waals surface area contributed by atoms with E-state index in [9.17, 15) is 4.79 Å². The number of imidazole rings is 1. The van der Waals surface area contributed by atoms with E-state index in [0.29, 0.717) is 18.5 Å². The van der Waals surface area contributed by atoms with Crippen LogP contribution in [0.1, 0.15) is 16.2 Å². The molecule has 1 aromatic carbocycles. The van der Waals surface area contributed by atoms with Gasteiger partial charge in [0.05, 0.1) is 16.8 Å². The lowest BCUT2D eigenvalue weighted by molar-refractivity contribution is 0.0954. The van der Waals surface area contributed by atoms with Gasteiger partial charge in [-0.15, -0.1) is 11.3 Å². The molecule has 4 nitrogen and oxygen atoms in total. The van der Waals surface area contributed by atoms with Crippen LogP contribution in [0.15, 0.2) is 54.0 Å². The zero-order valence-corrected chi connectivity index (χ0v) is 12.2. The Morgan fingerprint density at radius 3 is 2.81 bits per heavy atom. The molecule has 0 spiro atoms. The number of aromatic nitrogens is 2. The number of amides is 1. The van der Waals surface area contributed by atoms with E-state index >= 15 is 0 Å². The Labute approximate surface area is 126 Å². The molecule has 0 unspecified atom stereocenters. The van der Waals surface area contributed by atoms with Crippen LogP contribution in [0.5, 0.6) is 0 Å². The molecule has 1 amide bonds. The molecule has 0 radical (unpaired) electrons. The number of rotatable bonds is 5. The Morgan fingerprint density at radius 1 is 1.19 bits per heavy atom. The first-order valence-corrected chi connectivity index (χ1v) is 7.62. The number of benzene rings is 1. The first-order chi connectivity index (χ1) is 10.3. The second-order valence-corrected chi connectivity index (χ2v) is 5.54. The number of hydrogen-bond donors (Lipinski definition) is 2. The molecule has 0 saturated heterocycles. The maximum Gasteiger partial charge on any atom is 0.251 e. The molecule has 0 atom stereocenters. The SMILES string of the molecule is O=C(NCCc1ncc(-c2cccs2)[nH]1)c1ccccc1. The third-order valence-corrected chi connectivity index (χ3v) is 4.00. The predicted molar refractivity (Wildman–Crippen MR) is 84.4 cm³/mol. The van der Waals surface area contributed by atoms with Crippen molar-refractivity contribution in [3.63, 3.8) is 0 Å². The summed E-state index contributed by atoms with van der Waals surface area (Å²) in [6, 6.07) is 13.3. The first-order valence-electron chi connectivity index (χ1n) is 6.74. The molecule has 3 aromatic rings. The lowest BCUT2D eigenvalue weighted by Gasteiger charge is -2.03. The molecule has 0 aliphatic heterocycles. The highest BCUT2D eigenvalue weighted by Gasteiger charge is 2.06. The van der Waals surface area contributed by atoms with Crippen molar-refractivity contribution in [3.05, 3.63) is 65.4 Å². The first kappa shape index (κ1) is 13.6. The minimum atomic E-state index is -0.0550. The monoisotopic (exact) mass is 297 g/mol. The van der Waals surface area contributed by atoms with Gasteiger partial charge in [-0.05, 0) is 23.6 Å². The number of carbonyl (C=O) groups is 1. The van der Waals surface area contributed by atoms with Crippen molar-refractivity contribution >= 4 is 17.2 Å². The number of carbonyl (C=O) groups excluding carboxylic acids is 1. The van der Waals surface area contributed by atoms with Gasteiger partial charge in [-0.25, -0.2) is 4.98 Å². The zero-order chi connectivity index (χ0) is 14.5. The molecule has 3 rings (SSSR count). The van der Waals surface area contributed by atoms with Gasteiger partial charge < -0.3 is 10.3 Å². The fourth-order valence-corrected chi connectivity index (χ4v) is 2.72. The topological polar surface area (TPSA) is 57.8 Å². The second kappa shape index (κ2) is 6.37. The summed E-state index contributed by atoms with van der Waals surface area (Å²) in [6.07, 6.45) is 2.52. The number of nitrogens with one attached hydrogen (secondary N) is 2. The Hall–Kier alpha value is -2.40. The fraction of sp³-hybridized carbons (Fsp3) is 0.125. The zero-order valence-electron chi connectivity index (χ0n) is 11.4. The van der Waals surface area contributed by atoms with Gasteiger partial charge in [-0.1, -0.05) is 24.3 Å². The maximum atomic E-state index is 11.9. The van der Waals surface area contributed by atoms with Crippen molar-refractivity contribution in [3.8, 4) is 10.6 Å². The van der Waals surface area contributed by atoms with Crippen LogP contribution >= 0.6 is 11.3 Å². The molecule has 0 bridgehead atoms. The summed E-state index contributed by atoms with van der Waals surface area (Å²) in [5.41, 5.74) is 1.70. The van der Waals surface area contributed by atoms with Gasteiger partial charge in [0.2, 0.25) is 0 Å². The van der Waals surface area contributed by atoms with Crippen LogP contribution in [-0.2, 0) is 6.42 Å². The summed E-state index contributed by atoms with van der Waals surface area (Å²) in [5, 5.41) is 4.93. The van der Waals surface area contributed by atoms with Crippen LogP contribution in [0.25, 0.3) is 10.6 Å². The number of H-pyrrole nitrogens is 1. The Morgan fingerprint density at radius 2 is 2.05 bits per heavy atom. The van der Waals surface area contributed by atoms with E-state index in [1.54, 1.807) is 23.5 Å². The Balaban J connectivity index is 1.53. The van der Waals surface area contributed by atoms with Crippen LogP contribution in [0.4, 0.5) is 0 Å². The molecular weight excluding hydrogens is 282 g/mol. The van der Waals surface area contributed by atoms with Crippen LogP contribution in [0.3, 0.4) is 0 Å². The molecule has 2 heterocycles. The normalized spacial score (nSPS) is 10.5. The van der Waals surface area contributed by atoms with Crippen molar-refractivity contribution in [2.24, 2.45) is 0 Å². The average molecular weight is 297 g/mol. The molecule has 2 N–H and O–H groups in total. The smallest absolute Gasteiger partial charge is 0.251 e. The van der Waals surface area contributed by atoms with Crippen LogP contribution in [-0.4, -0.2) is 22.4 Å². The third kappa shape index (κ3) is 3.38. The van der Waals surface area contributed by atoms with Crippen molar-refractivity contribution < 1.29 is 4.79 Å². The minimum absolute atomic E-state index is 0.0550. The predicted octanol–water partition coefficient (Wildman–Crippen LogP) is 3.11. The van der Waals surface area contributed by atoms with Crippen molar-refractivity contribution in [2.75, 3.05) is 6.54 Å². The molecule has 5 heteroatoms. The van der Waals surface area contributed by atoms with Gasteiger partial charge >= 0.3 is 0 Å². The van der Waals surface area contributed by atoms with Gasteiger partial charge in [-0.3, -0.25) is 4.79 Å². The summed E-state index contributed by atoms with van der Waals surface area (Å²) in [4.78, 5) is 20.7. The van der Waals surface area contributed by atoms with E-state index in [1.165, 1.54) is 4.88 Å². The molecule has 21 heavy (non-hydrogen) atoms. The second-order valence-electron chi connectivity index (χ2n) is 4.59. The number of aromatic amines is 1. The van der Waals surface area contributed by atoms with Crippen LogP contribution < -0.4 is 5.32 Å². The lowest BCUT2D eigenvalue weighted by atomic mass is 10.2. The molecule has 0 saturated carbocycles. The Bertz CT molecular complexity index is 704. The van der Waals surface area contributed by atoms with Crippen molar-refractivity contribution in [1.82, 2.24) is 15.3 Å². The average Bonchev–Trinajstić information content (AvgIpc) is 3.19. The van der Waals surface area contributed by atoms with Crippen molar-refractivity contribution in [2.45, 2.75) is 6.42 Å². The van der Waals surface area contributed by atoms with E-state index < -0.39 is 0 Å². The summed E-state index contributed by atoms with van der Waals surface area (Å²) in [6.45, 7) is 0.561. The maximum absolute atomic E-state index is 11.9. The lowest BCUT2D eigenvalue weighted by Crippen LogP contribution is -2.25. The fourth-order valence-electron chi connectivity index (χ4n) is 2.03. The molecule has 106 valence electrons. The molecule has 2 aromatic heterocycles.